The minimum absolute atomic E-state index is 0.126. The molecule has 0 bridgehead atoms. The zero-order valence-electron chi connectivity index (χ0n) is 15.0. The number of hydrogen-bond acceptors (Lipinski definition) is 5. The first-order valence-electron chi connectivity index (χ1n) is 8.02. The minimum atomic E-state index is -0.126. The molecule has 2 aromatic carbocycles. The third-order valence-electron chi connectivity index (χ3n) is 4.12. The summed E-state index contributed by atoms with van der Waals surface area (Å²) in [4.78, 5) is 15.2. The monoisotopic (exact) mass is 385 g/mol. The van der Waals surface area contributed by atoms with Crippen LogP contribution in [0, 0.1) is 13.8 Å². The van der Waals surface area contributed by atoms with Crippen molar-refractivity contribution in [2.75, 3.05) is 19.1 Å². The zero-order valence-corrected chi connectivity index (χ0v) is 16.7. The maximum absolute atomic E-state index is 13.0. The van der Waals surface area contributed by atoms with E-state index < -0.39 is 0 Å². The highest BCUT2D eigenvalue weighted by molar-refractivity contribution is 8.27. The predicted octanol–water partition coefficient (Wildman–Crippen LogP) is 4.73. The number of nitrogens with zero attached hydrogens (tertiary/aromatic N) is 1. The van der Waals surface area contributed by atoms with Crippen molar-refractivity contribution in [1.29, 1.82) is 0 Å². The Morgan fingerprint density at radius 2 is 1.85 bits per heavy atom. The molecule has 4 nitrogen and oxygen atoms in total. The Labute approximate surface area is 162 Å². The molecule has 0 radical (unpaired) electrons. The van der Waals surface area contributed by atoms with Crippen LogP contribution in [-0.4, -0.2) is 24.4 Å². The number of amides is 1. The third kappa shape index (κ3) is 3.48. The van der Waals surface area contributed by atoms with Crippen molar-refractivity contribution < 1.29 is 14.3 Å². The fourth-order valence-electron chi connectivity index (χ4n) is 2.73. The predicted molar refractivity (Wildman–Crippen MR) is 111 cm³/mol. The van der Waals surface area contributed by atoms with Crippen LogP contribution in [0.1, 0.15) is 16.7 Å². The Balaban J connectivity index is 2.02. The van der Waals surface area contributed by atoms with Crippen LogP contribution in [0.3, 0.4) is 0 Å². The van der Waals surface area contributed by atoms with Crippen LogP contribution in [0.25, 0.3) is 6.08 Å². The van der Waals surface area contributed by atoms with Crippen LogP contribution in [-0.2, 0) is 4.79 Å². The molecule has 26 heavy (non-hydrogen) atoms. The molecule has 1 saturated heterocycles. The Bertz CT molecular complexity index is 921. The van der Waals surface area contributed by atoms with Gasteiger partial charge in [-0.1, -0.05) is 36.1 Å². The van der Waals surface area contributed by atoms with Crippen molar-refractivity contribution in [2.45, 2.75) is 13.8 Å². The van der Waals surface area contributed by atoms with E-state index in [4.69, 9.17) is 21.7 Å². The maximum atomic E-state index is 13.0. The van der Waals surface area contributed by atoms with Crippen LogP contribution >= 0.6 is 24.0 Å². The maximum Gasteiger partial charge on any atom is 0.270 e. The molecule has 1 amide bonds. The second-order valence-corrected chi connectivity index (χ2v) is 7.59. The van der Waals surface area contributed by atoms with E-state index in [1.807, 2.05) is 50.2 Å². The summed E-state index contributed by atoms with van der Waals surface area (Å²) < 4.78 is 11.2. The molecular weight excluding hydrogens is 366 g/mol. The first-order valence-corrected chi connectivity index (χ1v) is 9.24. The molecule has 6 heteroatoms. The van der Waals surface area contributed by atoms with Gasteiger partial charge in [-0.3, -0.25) is 9.69 Å². The summed E-state index contributed by atoms with van der Waals surface area (Å²) in [5.74, 6) is 1.24. The Hall–Kier alpha value is -2.31. The van der Waals surface area contributed by atoms with Crippen molar-refractivity contribution in [1.82, 2.24) is 0 Å². The normalized spacial score (nSPS) is 15.7. The van der Waals surface area contributed by atoms with Crippen LogP contribution in [0.15, 0.2) is 41.3 Å². The van der Waals surface area contributed by atoms with Crippen LogP contribution in [0.2, 0.25) is 0 Å². The highest BCUT2D eigenvalue weighted by Gasteiger charge is 2.34. The van der Waals surface area contributed by atoms with Gasteiger partial charge in [0, 0.05) is 5.56 Å². The SMILES string of the molecule is COc1ccc(OC)c(C=C2SC(=S)N(c3cc(C)ccc3C)C2=O)c1. The molecule has 3 rings (SSSR count). The summed E-state index contributed by atoms with van der Waals surface area (Å²) in [7, 11) is 3.20. The number of carbonyl (C=O) groups excluding carboxylic acids is 1. The summed E-state index contributed by atoms with van der Waals surface area (Å²) >= 11 is 6.77. The molecule has 0 unspecified atom stereocenters. The molecular formula is C20H19NO3S2. The molecule has 0 spiro atoms. The Morgan fingerprint density at radius 1 is 1.08 bits per heavy atom. The number of anilines is 1. The van der Waals surface area contributed by atoms with Gasteiger partial charge < -0.3 is 9.47 Å². The molecule has 134 valence electrons. The lowest BCUT2D eigenvalue weighted by atomic mass is 10.1. The summed E-state index contributed by atoms with van der Waals surface area (Å²) in [5, 5.41) is 0. The van der Waals surface area contributed by atoms with E-state index >= 15 is 0 Å². The second-order valence-electron chi connectivity index (χ2n) is 5.91. The van der Waals surface area contributed by atoms with Crippen LogP contribution in [0.5, 0.6) is 11.5 Å². The molecule has 0 atom stereocenters. The summed E-state index contributed by atoms with van der Waals surface area (Å²) in [6.07, 6.45) is 1.80. The lowest BCUT2D eigenvalue weighted by molar-refractivity contribution is -0.113. The van der Waals surface area contributed by atoms with Crippen molar-refractivity contribution >= 4 is 46.0 Å². The molecule has 0 aromatic heterocycles. The van der Waals surface area contributed by atoms with E-state index in [1.54, 1.807) is 25.2 Å². The minimum Gasteiger partial charge on any atom is -0.497 e. The van der Waals surface area contributed by atoms with Gasteiger partial charge in [0.1, 0.15) is 11.5 Å². The van der Waals surface area contributed by atoms with Gasteiger partial charge in [-0.15, -0.1) is 0 Å². The van der Waals surface area contributed by atoms with Crippen LogP contribution in [0.4, 0.5) is 5.69 Å². The molecule has 0 saturated carbocycles. The fourth-order valence-corrected chi connectivity index (χ4v) is 4.00. The van der Waals surface area contributed by atoms with E-state index in [1.165, 1.54) is 11.8 Å². The molecule has 1 heterocycles. The lowest BCUT2D eigenvalue weighted by Gasteiger charge is -2.17. The summed E-state index contributed by atoms with van der Waals surface area (Å²) in [6.45, 7) is 3.97. The highest BCUT2D eigenvalue weighted by Crippen LogP contribution is 2.39. The van der Waals surface area contributed by atoms with Crippen molar-refractivity contribution in [3.63, 3.8) is 0 Å². The summed E-state index contributed by atoms with van der Waals surface area (Å²) in [6, 6.07) is 11.5. The van der Waals surface area contributed by atoms with Gasteiger partial charge in [0.25, 0.3) is 5.91 Å². The van der Waals surface area contributed by atoms with Gasteiger partial charge in [0.2, 0.25) is 0 Å². The molecule has 0 N–H and O–H groups in total. The van der Waals surface area contributed by atoms with Crippen LogP contribution < -0.4 is 14.4 Å². The number of rotatable bonds is 4. The third-order valence-corrected chi connectivity index (χ3v) is 5.42. The van der Waals surface area contributed by atoms with Crippen molar-refractivity contribution in [3.05, 3.63) is 58.0 Å². The van der Waals surface area contributed by atoms with Gasteiger partial charge >= 0.3 is 0 Å². The van der Waals surface area contributed by atoms with Crippen molar-refractivity contribution in [3.8, 4) is 11.5 Å². The molecule has 0 aliphatic carbocycles. The molecule has 1 aliphatic rings. The van der Waals surface area contributed by atoms with Crippen molar-refractivity contribution in [2.24, 2.45) is 0 Å². The molecule has 2 aromatic rings. The largest absolute Gasteiger partial charge is 0.497 e. The molecule has 1 fully saturated rings. The number of benzene rings is 2. The number of thioether (sulfide) groups is 1. The number of methoxy groups -OCH3 is 2. The average molecular weight is 386 g/mol. The number of thiocarbonyl (C=S) groups is 1. The zero-order chi connectivity index (χ0) is 18.8. The van der Waals surface area contributed by atoms with E-state index in [-0.39, 0.29) is 5.91 Å². The first-order chi connectivity index (χ1) is 12.4. The Kier molecular flexibility index (Phi) is 5.34. The number of aryl methyl sites for hydroxylation is 2. The fraction of sp³-hybridized carbons (Fsp3) is 0.200. The average Bonchev–Trinajstić information content (AvgIpc) is 2.90. The number of carbonyl (C=O) groups is 1. The van der Waals surface area contributed by atoms with E-state index in [0.717, 1.165) is 22.4 Å². The van der Waals surface area contributed by atoms with E-state index in [9.17, 15) is 4.79 Å². The van der Waals surface area contributed by atoms with Gasteiger partial charge in [-0.25, -0.2) is 0 Å². The topological polar surface area (TPSA) is 38.8 Å². The quantitative estimate of drug-likeness (QED) is 0.562. The molecule has 1 aliphatic heterocycles. The van der Waals surface area contributed by atoms with Gasteiger partial charge in [0.15, 0.2) is 4.32 Å². The van der Waals surface area contributed by atoms with E-state index in [0.29, 0.717) is 20.7 Å². The first kappa shape index (κ1) is 18.5. The number of ether oxygens (including phenoxy) is 2. The lowest BCUT2D eigenvalue weighted by Crippen LogP contribution is -2.28. The smallest absolute Gasteiger partial charge is 0.270 e. The van der Waals surface area contributed by atoms with Gasteiger partial charge in [0.05, 0.1) is 24.8 Å². The standard InChI is InChI=1S/C20H19NO3S2/c1-12-5-6-13(2)16(9-12)21-19(22)18(26-20(21)25)11-14-10-15(23-3)7-8-17(14)24-4/h5-11H,1-4H3. The van der Waals surface area contributed by atoms with Gasteiger partial charge in [-0.2, -0.15) is 0 Å². The van der Waals surface area contributed by atoms with E-state index in [2.05, 4.69) is 0 Å². The van der Waals surface area contributed by atoms with Gasteiger partial charge in [-0.05, 0) is 55.3 Å². The Morgan fingerprint density at radius 3 is 2.54 bits per heavy atom. The summed E-state index contributed by atoms with van der Waals surface area (Å²) in [5.41, 5.74) is 3.69. The number of hydrogen-bond donors (Lipinski definition) is 0. The highest BCUT2D eigenvalue weighted by atomic mass is 32.2. The second kappa shape index (κ2) is 7.51.